The highest BCUT2D eigenvalue weighted by Gasteiger charge is 2.02. The Morgan fingerprint density at radius 1 is 1.41 bits per heavy atom. The van der Waals surface area contributed by atoms with Crippen LogP contribution >= 0.6 is 11.8 Å². The molecule has 2 aromatic rings. The van der Waals surface area contributed by atoms with E-state index in [-0.39, 0.29) is 0 Å². The number of aromatic nitrogens is 1. The van der Waals surface area contributed by atoms with Crippen molar-refractivity contribution in [2.24, 2.45) is 0 Å². The monoisotopic (exact) mass is 246 g/mol. The Morgan fingerprint density at radius 3 is 3.06 bits per heavy atom. The van der Waals surface area contributed by atoms with Crippen molar-refractivity contribution in [1.82, 2.24) is 4.98 Å². The Balaban J connectivity index is 1.80. The zero-order valence-corrected chi connectivity index (χ0v) is 9.81. The maximum absolute atomic E-state index is 8.86. The number of oxazole rings is 1. The summed E-state index contributed by atoms with van der Waals surface area (Å²) >= 11 is 1.47. The molecular formula is C12H10N2O2S. The molecule has 0 aliphatic carbocycles. The van der Waals surface area contributed by atoms with Crippen LogP contribution in [0.3, 0.4) is 0 Å². The molecule has 0 unspecified atom stereocenters. The standard InChI is InChI=1S/C12H10N2O2S/c13-9-10-3-1-2-4-11(10)15-7-8-17-12-14-5-6-16-12/h1-6H,7-8H2. The Bertz CT molecular complexity index is 505. The first-order chi connectivity index (χ1) is 8.40. The highest BCUT2D eigenvalue weighted by atomic mass is 32.2. The van der Waals surface area contributed by atoms with Gasteiger partial charge < -0.3 is 9.15 Å². The number of benzene rings is 1. The average Bonchev–Trinajstić information content (AvgIpc) is 2.88. The predicted octanol–water partition coefficient (Wildman–Crippen LogP) is 2.72. The molecule has 17 heavy (non-hydrogen) atoms. The minimum atomic E-state index is 0.506. The van der Waals surface area contributed by atoms with E-state index in [4.69, 9.17) is 14.4 Å². The molecule has 0 radical (unpaired) electrons. The second kappa shape index (κ2) is 5.97. The second-order valence-corrected chi connectivity index (χ2v) is 4.15. The lowest BCUT2D eigenvalue weighted by Gasteiger charge is -2.05. The van der Waals surface area contributed by atoms with E-state index in [0.29, 0.717) is 23.1 Å². The minimum absolute atomic E-state index is 0.506. The number of thioether (sulfide) groups is 1. The van der Waals surface area contributed by atoms with Gasteiger partial charge in [0.25, 0.3) is 5.22 Å². The van der Waals surface area contributed by atoms with Crippen LogP contribution in [-0.2, 0) is 0 Å². The van der Waals surface area contributed by atoms with Crippen LogP contribution < -0.4 is 4.74 Å². The third kappa shape index (κ3) is 3.26. The summed E-state index contributed by atoms with van der Waals surface area (Å²) in [7, 11) is 0. The van der Waals surface area contributed by atoms with Gasteiger partial charge in [-0.25, -0.2) is 4.98 Å². The van der Waals surface area contributed by atoms with Gasteiger partial charge in [0.1, 0.15) is 18.1 Å². The number of nitrogens with zero attached hydrogens (tertiary/aromatic N) is 2. The van der Waals surface area contributed by atoms with Crippen LogP contribution in [0, 0.1) is 11.3 Å². The molecule has 1 aromatic carbocycles. The third-order valence-electron chi connectivity index (χ3n) is 1.98. The van der Waals surface area contributed by atoms with Crippen molar-refractivity contribution in [2.45, 2.75) is 5.22 Å². The van der Waals surface area contributed by atoms with Crippen LogP contribution in [0.2, 0.25) is 0 Å². The summed E-state index contributed by atoms with van der Waals surface area (Å²) in [6, 6.07) is 9.26. The molecule has 0 bridgehead atoms. The van der Waals surface area contributed by atoms with Crippen molar-refractivity contribution in [3.05, 3.63) is 42.3 Å². The highest BCUT2D eigenvalue weighted by Crippen LogP contribution is 2.18. The minimum Gasteiger partial charge on any atom is -0.491 e. The van der Waals surface area contributed by atoms with Crippen LogP contribution in [0.15, 0.2) is 46.4 Å². The lowest BCUT2D eigenvalue weighted by molar-refractivity contribution is 0.342. The summed E-state index contributed by atoms with van der Waals surface area (Å²) in [6.07, 6.45) is 3.14. The summed E-state index contributed by atoms with van der Waals surface area (Å²) in [5.41, 5.74) is 0.550. The Labute approximate surface area is 103 Å². The quantitative estimate of drug-likeness (QED) is 0.599. The molecule has 1 heterocycles. The summed E-state index contributed by atoms with van der Waals surface area (Å²) in [4.78, 5) is 3.98. The van der Waals surface area contributed by atoms with Gasteiger partial charge in [0.15, 0.2) is 0 Å². The van der Waals surface area contributed by atoms with E-state index >= 15 is 0 Å². The lowest BCUT2D eigenvalue weighted by atomic mass is 10.2. The van der Waals surface area contributed by atoms with E-state index in [1.54, 1.807) is 18.3 Å². The van der Waals surface area contributed by atoms with Gasteiger partial charge in [-0.15, -0.1) is 0 Å². The normalized spacial score (nSPS) is 9.82. The largest absolute Gasteiger partial charge is 0.491 e. The summed E-state index contributed by atoms with van der Waals surface area (Å²) < 4.78 is 10.6. The lowest BCUT2D eigenvalue weighted by Crippen LogP contribution is -2.01. The van der Waals surface area contributed by atoms with Crippen molar-refractivity contribution >= 4 is 11.8 Å². The zero-order chi connectivity index (χ0) is 11.9. The van der Waals surface area contributed by atoms with Gasteiger partial charge in [-0.1, -0.05) is 23.9 Å². The molecule has 0 amide bonds. The molecule has 0 aliphatic heterocycles. The van der Waals surface area contributed by atoms with Crippen LogP contribution in [-0.4, -0.2) is 17.3 Å². The molecule has 0 saturated heterocycles. The molecule has 0 fully saturated rings. The van der Waals surface area contributed by atoms with Gasteiger partial charge in [-0.3, -0.25) is 0 Å². The van der Waals surface area contributed by atoms with Crippen molar-refractivity contribution < 1.29 is 9.15 Å². The average molecular weight is 246 g/mol. The topological polar surface area (TPSA) is 59.0 Å². The van der Waals surface area contributed by atoms with Crippen molar-refractivity contribution in [1.29, 1.82) is 5.26 Å². The van der Waals surface area contributed by atoms with Crippen LogP contribution in [0.1, 0.15) is 5.56 Å². The summed E-state index contributed by atoms with van der Waals surface area (Å²) in [6.45, 7) is 0.506. The third-order valence-corrected chi connectivity index (χ3v) is 2.80. The smallest absolute Gasteiger partial charge is 0.255 e. The summed E-state index contributed by atoms with van der Waals surface area (Å²) in [5.74, 6) is 1.34. The highest BCUT2D eigenvalue weighted by molar-refractivity contribution is 7.99. The Morgan fingerprint density at radius 2 is 2.29 bits per heavy atom. The number of para-hydroxylation sites is 1. The van der Waals surface area contributed by atoms with Crippen LogP contribution in [0.25, 0.3) is 0 Å². The maximum Gasteiger partial charge on any atom is 0.255 e. The fraction of sp³-hybridized carbons (Fsp3) is 0.167. The molecule has 0 atom stereocenters. The summed E-state index contributed by atoms with van der Waals surface area (Å²) in [5, 5.41) is 9.49. The molecule has 5 heteroatoms. The van der Waals surface area contributed by atoms with Gasteiger partial charge in [-0.05, 0) is 12.1 Å². The molecule has 2 rings (SSSR count). The number of nitriles is 1. The predicted molar refractivity (Wildman–Crippen MR) is 63.9 cm³/mol. The first-order valence-electron chi connectivity index (χ1n) is 5.04. The van der Waals surface area contributed by atoms with Crippen LogP contribution in [0.4, 0.5) is 0 Å². The molecule has 0 aliphatic rings. The van der Waals surface area contributed by atoms with Gasteiger partial charge in [0, 0.05) is 5.75 Å². The van der Waals surface area contributed by atoms with Crippen molar-refractivity contribution in [3.8, 4) is 11.8 Å². The van der Waals surface area contributed by atoms with E-state index in [1.165, 1.54) is 18.0 Å². The molecule has 0 saturated carbocycles. The van der Waals surface area contributed by atoms with Crippen LogP contribution in [0.5, 0.6) is 5.75 Å². The van der Waals surface area contributed by atoms with Gasteiger partial charge in [0.05, 0.1) is 18.4 Å². The van der Waals surface area contributed by atoms with Crippen molar-refractivity contribution in [2.75, 3.05) is 12.4 Å². The second-order valence-electron chi connectivity index (χ2n) is 3.10. The Kier molecular flexibility index (Phi) is 4.05. The maximum atomic E-state index is 8.86. The first kappa shape index (κ1) is 11.6. The van der Waals surface area contributed by atoms with E-state index < -0.39 is 0 Å². The number of hydrogen-bond donors (Lipinski definition) is 0. The van der Waals surface area contributed by atoms with Crippen molar-refractivity contribution in [3.63, 3.8) is 0 Å². The number of rotatable bonds is 5. The zero-order valence-electron chi connectivity index (χ0n) is 9.00. The van der Waals surface area contributed by atoms with Gasteiger partial charge in [-0.2, -0.15) is 5.26 Å². The number of ether oxygens (including phenoxy) is 1. The first-order valence-corrected chi connectivity index (χ1v) is 6.03. The molecule has 4 nitrogen and oxygen atoms in total. The SMILES string of the molecule is N#Cc1ccccc1OCCSc1ncco1. The molecule has 1 aromatic heterocycles. The Hall–Kier alpha value is -1.93. The van der Waals surface area contributed by atoms with E-state index in [0.717, 1.165) is 5.75 Å². The molecule has 0 spiro atoms. The fourth-order valence-electron chi connectivity index (χ4n) is 1.25. The van der Waals surface area contributed by atoms with E-state index in [2.05, 4.69) is 11.1 Å². The fourth-order valence-corrected chi connectivity index (χ4v) is 1.85. The molecular weight excluding hydrogens is 236 g/mol. The number of hydrogen-bond acceptors (Lipinski definition) is 5. The molecule has 0 N–H and O–H groups in total. The van der Waals surface area contributed by atoms with Gasteiger partial charge in [0.2, 0.25) is 0 Å². The van der Waals surface area contributed by atoms with E-state index in [9.17, 15) is 0 Å². The molecule has 86 valence electrons. The van der Waals surface area contributed by atoms with E-state index in [1.807, 2.05) is 12.1 Å². The van der Waals surface area contributed by atoms with Gasteiger partial charge >= 0.3 is 0 Å².